The van der Waals surface area contributed by atoms with Crippen molar-refractivity contribution in [1.29, 1.82) is 0 Å². The predicted molar refractivity (Wildman–Crippen MR) is 69.2 cm³/mol. The van der Waals surface area contributed by atoms with Crippen LogP contribution in [0.1, 0.15) is 25.2 Å². The van der Waals surface area contributed by atoms with Gasteiger partial charge in [-0.3, -0.25) is 14.8 Å². The molecule has 0 saturated carbocycles. The van der Waals surface area contributed by atoms with Crippen LogP contribution in [-0.4, -0.2) is 20.9 Å². The number of hydrogen-bond donors (Lipinski definition) is 2. The summed E-state index contributed by atoms with van der Waals surface area (Å²) >= 11 is 4.84. The first-order valence-corrected chi connectivity index (χ1v) is 5.60. The van der Waals surface area contributed by atoms with Gasteiger partial charge in [-0.15, -0.1) is 0 Å². The molecule has 92 valence electrons. The summed E-state index contributed by atoms with van der Waals surface area (Å²) in [6.07, 6.45) is 3.28. The van der Waals surface area contributed by atoms with Gasteiger partial charge in [-0.05, 0) is 20.8 Å². The minimum atomic E-state index is -0.854. The lowest BCUT2D eigenvalue weighted by Crippen LogP contribution is -2.44. The van der Waals surface area contributed by atoms with Gasteiger partial charge in [0, 0.05) is 6.20 Å². The number of nitrogens with one attached hydrogen (secondary N) is 1. The van der Waals surface area contributed by atoms with Crippen LogP contribution in [0.4, 0.5) is 0 Å². The lowest BCUT2D eigenvalue weighted by Gasteiger charge is -2.21. The quantitative estimate of drug-likeness (QED) is 0.771. The van der Waals surface area contributed by atoms with Crippen LogP contribution in [0, 0.1) is 12.3 Å². The molecule has 0 aromatic carbocycles. The molecule has 0 aliphatic carbocycles. The SMILES string of the molecule is Cc1cnc(CNC(=O)C(C)(C)C(N)=S)cn1. The van der Waals surface area contributed by atoms with Crippen molar-refractivity contribution in [3.63, 3.8) is 0 Å². The lowest BCUT2D eigenvalue weighted by atomic mass is 9.92. The number of thiocarbonyl (C=S) groups is 1. The minimum Gasteiger partial charge on any atom is -0.392 e. The third-order valence-electron chi connectivity index (χ3n) is 2.45. The maximum Gasteiger partial charge on any atom is 0.232 e. The average molecular weight is 252 g/mol. The Morgan fingerprint density at radius 2 is 2.12 bits per heavy atom. The molecule has 0 bridgehead atoms. The molecule has 0 saturated heterocycles. The van der Waals surface area contributed by atoms with Gasteiger partial charge in [-0.2, -0.15) is 0 Å². The molecule has 1 amide bonds. The zero-order valence-electron chi connectivity index (χ0n) is 10.2. The van der Waals surface area contributed by atoms with Crippen LogP contribution in [0.3, 0.4) is 0 Å². The summed E-state index contributed by atoms with van der Waals surface area (Å²) < 4.78 is 0. The topological polar surface area (TPSA) is 80.9 Å². The Hall–Kier alpha value is -1.56. The maximum absolute atomic E-state index is 11.8. The molecule has 17 heavy (non-hydrogen) atoms. The van der Waals surface area contributed by atoms with Crippen molar-refractivity contribution in [3.05, 3.63) is 23.8 Å². The van der Waals surface area contributed by atoms with E-state index in [2.05, 4.69) is 15.3 Å². The van der Waals surface area contributed by atoms with Crippen LogP contribution in [0.25, 0.3) is 0 Å². The second-order valence-corrected chi connectivity index (χ2v) is 4.76. The molecule has 1 heterocycles. The van der Waals surface area contributed by atoms with Gasteiger partial charge in [0.1, 0.15) is 0 Å². The van der Waals surface area contributed by atoms with E-state index in [9.17, 15) is 4.79 Å². The highest BCUT2D eigenvalue weighted by atomic mass is 32.1. The molecule has 1 aromatic rings. The first kappa shape index (κ1) is 13.5. The number of amides is 1. The average Bonchev–Trinajstić information content (AvgIpc) is 2.27. The van der Waals surface area contributed by atoms with E-state index in [1.165, 1.54) is 0 Å². The van der Waals surface area contributed by atoms with Crippen molar-refractivity contribution >= 4 is 23.1 Å². The van der Waals surface area contributed by atoms with Crippen LogP contribution >= 0.6 is 12.2 Å². The number of rotatable bonds is 4. The number of aromatic nitrogens is 2. The van der Waals surface area contributed by atoms with Gasteiger partial charge in [0.05, 0.1) is 34.5 Å². The van der Waals surface area contributed by atoms with E-state index in [-0.39, 0.29) is 10.9 Å². The Bertz CT molecular complexity index is 428. The van der Waals surface area contributed by atoms with Crippen molar-refractivity contribution in [1.82, 2.24) is 15.3 Å². The summed E-state index contributed by atoms with van der Waals surface area (Å²) in [7, 11) is 0. The van der Waals surface area contributed by atoms with E-state index >= 15 is 0 Å². The molecule has 1 aromatic heterocycles. The largest absolute Gasteiger partial charge is 0.392 e. The molecule has 5 nitrogen and oxygen atoms in total. The molecule has 0 unspecified atom stereocenters. The van der Waals surface area contributed by atoms with Gasteiger partial charge in [0.2, 0.25) is 5.91 Å². The number of hydrogen-bond acceptors (Lipinski definition) is 4. The molecule has 6 heteroatoms. The first-order valence-electron chi connectivity index (χ1n) is 5.19. The van der Waals surface area contributed by atoms with Crippen LogP contribution in [0.5, 0.6) is 0 Å². The van der Waals surface area contributed by atoms with Crippen molar-refractivity contribution in [2.75, 3.05) is 0 Å². The van der Waals surface area contributed by atoms with Crippen LogP contribution in [0.2, 0.25) is 0 Å². The first-order chi connectivity index (χ1) is 7.84. The Labute approximate surface area is 106 Å². The smallest absolute Gasteiger partial charge is 0.232 e. The van der Waals surface area contributed by atoms with Crippen molar-refractivity contribution in [2.45, 2.75) is 27.3 Å². The van der Waals surface area contributed by atoms with Gasteiger partial charge >= 0.3 is 0 Å². The van der Waals surface area contributed by atoms with Crippen molar-refractivity contribution in [2.24, 2.45) is 11.1 Å². The van der Waals surface area contributed by atoms with E-state index in [4.69, 9.17) is 18.0 Å². The zero-order valence-corrected chi connectivity index (χ0v) is 11.0. The van der Waals surface area contributed by atoms with Crippen molar-refractivity contribution in [3.8, 4) is 0 Å². The summed E-state index contributed by atoms with van der Waals surface area (Å²) in [6.45, 7) is 5.54. The molecule has 0 radical (unpaired) electrons. The second kappa shape index (κ2) is 5.18. The summed E-state index contributed by atoms with van der Waals surface area (Å²) in [5.41, 5.74) is 6.18. The fourth-order valence-corrected chi connectivity index (χ4v) is 1.11. The van der Waals surface area contributed by atoms with Gasteiger partial charge in [0.25, 0.3) is 0 Å². The van der Waals surface area contributed by atoms with Crippen LogP contribution < -0.4 is 11.1 Å². The summed E-state index contributed by atoms with van der Waals surface area (Å²) in [5, 5.41) is 2.73. The summed E-state index contributed by atoms with van der Waals surface area (Å²) in [6, 6.07) is 0. The minimum absolute atomic E-state index is 0.171. The Balaban J connectivity index is 2.60. The lowest BCUT2D eigenvalue weighted by molar-refractivity contribution is -0.126. The number of aryl methyl sites for hydroxylation is 1. The highest BCUT2D eigenvalue weighted by Crippen LogP contribution is 2.15. The highest BCUT2D eigenvalue weighted by Gasteiger charge is 2.30. The van der Waals surface area contributed by atoms with E-state index in [0.29, 0.717) is 12.2 Å². The highest BCUT2D eigenvalue weighted by molar-refractivity contribution is 7.80. The number of nitrogens with two attached hydrogens (primary N) is 1. The molecule has 0 aliphatic heterocycles. The van der Waals surface area contributed by atoms with E-state index < -0.39 is 5.41 Å². The van der Waals surface area contributed by atoms with Gasteiger partial charge in [-0.1, -0.05) is 12.2 Å². The molecule has 0 fully saturated rings. The van der Waals surface area contributed by atoms with Gasteiger partial charge < -0.3 is 11.1 Å². The monoisotopic (exact) mass is 252 g/mol. The molecule has 0 aliphatic rings. The molecule has 0 spiro atoms. The number of nitrogens with zero attached hydrogens (tertiary/aromatic N) is 2. The standard InChI is InChI=1S/C11H16N4OS/c1-7-4-14-8(5-13-7)6-15-10(16)11(2,3)9(12)17/h4-5H,6H2,1-3H3,(H2,12,17)(H,15,16). The zero-order chi connectivity index (χ0) is 13.1. The van der Waals surface area contributed by atoms with E-state index in [1.54, 1.807) is 26.2 Å². The Morgan fingerprint density at radius 1 is 1.47 bits per heavy atom. The Morgan fingerprint density at radius 3 is 2.59 bits per heavy atom. The second-order valence-electron chi connectivity index (χ2n) is 4.32. The Kier molecular flexibility index (Phi) is 4.11. The number of carbonyl (C=O) groups excluding carboxylic acids is 1. The van der Waals surface area contributed by atoms with Crippen LogP contribution in [-0.2, 0) is 11.3 Å². The predicted octanol–water partition coefficient (Wildman–Crippen LogP) is 0.714. The van der Waals surface area contributed by atoms with E-state index in [0.717, 1.165) is 5.69 Å². The van der Waals surface area contributed by atoms with E-state index in [1.807, 2.05) is 6.92 Å². The molecular weight excluding hydrogens is 236 g/mol. The molecule has 3 N–H and O–H groups in total. The summed E-state index contributed by atoms with van der Waals surface area (Å²) in [4.78, 5) is 20.2. The number of carbonyl (C=O) groups is 1. The normalized spacial score (nSPS) is 11.0. The van der Waals surface area contributed by atoms with Crippen LogP contribution in [0.15, 0.2) is 12.4 Å². The third kappa shape index (κ3) is 3.45. The van der Waals surface area contributed by atoms with Gasteiger partial charge in [0.15, 0.2) is 0 Å². The van der Waals surface area contributed by atoms with Gasteiger partial charge in [-0.25, -0.2) is 0 Å². The maximum atomic E-state index is 11.8. The fourth-order valence-electron chi connectivity index (χ4n) is 1.01. The third-order valence-corrected chi connectivity index (χ3v) is 2.96. The van der Waals surface area contributed by atoms with Crippen molar-refractivity contribution < 1.29 is 4.79 Å². The molecular formula is C11H16N4OS. The summed E-state index contributed by atoms with van der Waals surface area (Å²) in [5.74, 6) is -0.215. The molecule has 1 rings (SSSR count). The molecule has 0 atom stereocenters. The fraction of sp³-hybridized carbons (Fsp3) is 0.455.